The van der Waals surface area contributed by atoms with Crippen molar-refractivity contribution in [3.05, 3.63) is 35.9 Å². The van der Waals surface area contributed by atoms with Crippen molar-refractivity contribution in [2.24, 2.45) is 17.3 Å². The van der Waals surface area contributed by atoms with Crippen molar-refractivity contribution in [1.29, 1.82) is 0 Å². The quantitative estimate of drug-likeness (QED) is 0.237. The molecule has 4 amide bonds. The van der Waals surface area contributed by atoms with E-state index in [9.17, 15) is 38.3 Å². The molecule has 1 heterocycles. The fourth-order valence-electron chi connectivity index (χ4n) is 6.26. The lowest BCUT2D eigenvalue weighted by atomic mass is 9.85. The Bertz CT molecular complexity index is 1280. The van der Waals surface area contributed by atoms with E-state index in [1.165, 1.54) is 4.90 Å². The van der Waals surface area contributed by atoms with Gasteiger partial charge in [-0.05, 0) is 50.0 Å². The molecule has 254 valence electrons. The number of halogens is 1. The number of rotatable bonds is 13. The lowest BCUT2D eigenvalue weighted by Gasteiger charge is -2.36. The molecule has 1 aromatic rings. The number of nitrogens with zero attached hydrogens (tertiary/aromatic N) is 1. The molecule has 1 saturated carbocycles. The van der Waals surface area contributed by atoms with E-state index in [-0.39, 0.29) is 25.8 Å². The Balaban J connectivity index is 1.82. The van der Waals surface area contributed by atoms with E-state index in [4.69, 9.17) is 4.74 Å². The molecular weight excluding hydrogens is 599 g/mol. The van der Waals surface area contributed by atoms with Crippen molar-refractivity contribution < 1.29 is 43.0 Å². The number of hydrogen-bond acceptors (Lipinski definition) is 7. The van der Waals surface area contributed by atoms with E-state index in [1.54, 1.807) is 71.9 Å². The van der Waals surface area contributed by atoms with Gasteiger partial charge in [-0.1, -0.05) is 64.4 Å². The third kappa shape index (κ3) is 9.03. The number of aliphatic carboxylic acids is 1. The first-order valence-corrected chi connectivity index (χ1v) is 15.9. The second-order valence-corrected chi connectivity index (χ2v) is 13.5. The number of amides is 4. The van der Waals surface area contributed by atoms with Crippen molar-refractivity contribution in [2.45, 2.75) is 110 Å². The van der Waals surface area contributed by atoms with Crippen LogP contribution in [0.1, 0.15) is 72.8 Å². The van der Waals surface area contributed by atoms with Gasteiger partial charge in [-0.25, -0.2) is 14.0 Å². The number of benzene rings is 1. The molecule has 1 aliphatic heterocycles. The van der Waals surface area contributed by atoms with Crippen LogP contribution >= 0.6 is 0 Å². The summed E-state index contributed by atoms with van der Waals surface area (Å²) in [5, 5.41) is 17.2. The molecule has 1 aliphatic carbocycles. The summed E-state index contributed by atoms with van der Waals surface area (Å²) in [5.74, 6) is -5.96. The molecule has 2 fully saturated rings. The zero-order valence-electron chi connectivity index (χ0n) is 27.4. The van der Waals surface area contributed by atoms with E-state index in [0.717, 1.165) is 0 Å². The lowest BCUT2D eigenvalue weighted by Crippen LogP contribution is -2.60. The lowest BCUT2D eigenvalue weighted by molar-refractivity contribution is -0.146. The molecule has 2 aliphatic rings. The summed E-state index contributed by atoms with van der Waals surface area (Å²) in [6.07, 6.45) is -1.51. The molecule has 1 saturated heterocycles. The number of Topliss-reactive ketones (excluding diaryl/α,β-unsaturated/α-hetero) is 1. The number of fused-ring (bicyclic) bond motifs is 1. The molecule has 0 spiro atoms. The van der Waals surface area contributed by atoms with E-state index < -0.39 is 89.3 Å². The summed E-state index contributed by atoms with van der Waals surface area (Å²) in [7, 11) is 0. The zero-order valence-corrected chi connectivity index (χ0v) is 27.4. The number of ketones is 1. The number of alkyl halides is 1. The fraction of sp³-hybridized carbons (Fsp3) is 0.636. The second kappa shape index (κ2) is 15.5. The van der Waals surface area contributed by atoms with Crippen LogP contribution in [0.15, 0.2) is 30.3 Å². The first-order chi connectivity index (χ1) is 21.5. The second-order valence-electron chi connectivity index (χ2n) is 13.5. The molecule has 4 N–H and O–H groups in total. The van der Waals surface area contributed by atoms with Gasteiger partial charge in [-0.15, -0.1) is 0 Å². The maximum Gasteiger partial charge on any atom is 0.408 e. The smallest absolute Gasteiger partial charge is 0.408 e. The molecule has 3 rings (SSSR count). The normalized spacial score (nSPS) is 22.7. The van der Waals surface area contributed by atoms with Gasteiger partial charge in [0.25, 0.3) is 5.91 Å². The van der Waals surface area contributed by atoms with E-state index >= 15 is 0 Å². The SMILES string of the molecule is CCCC(NC(=O)[C@@H]1[C@H]2CCC(F)[C@H]2CN1C(=O)[C@@H](NC(=O)OC(C)C)C(C)(C)C)C(=O)C(=O)N[C@H](Cc1ccccc1)C(=O)O. The number of carbonyl (C=O) groups is 6. The highest BCUT2D eigenvalue weighted by Crippen LogP contribution is 2.44. The van der Waals surface area contributed by atoms with Crippen LogP contribution in [0.3, 0.4) is 0 Å². The molecule has 1 aromatic carbocycles. The van der Waals surface area contributed by atoms with Gasteiger partial charge in [0.1, 0.15) is 24.3 Å². The van der Waals surface area contributed by atoms with Crippen molar-refractivity contribution in [3.8, 4) is 0 Å². The maximum atomic E-state index is 15.0. The van der Waals surface area contributed by atoms with Crippen LogP contribution in [-0.4, -0.2) is 88.6 Å². The monoisotopic (exact) mass is 646 g/mol. The van der Waals surface area contributed by atoms with Crippen LogP contribution in [0, 0.1) is 17.3 Å². The van der Waals surface area contributed by atoms with Crippen LogP contribution in [0.25, 0.3) is 0 Å². The third-order valence-corrected chi connectivity index (χ3v) is 8.53. The first-order valence-electron chi connectivity index (χ1n) is 15.9. The van der Waals surface area contributed by atoms with Gasteiger partial charge >= 0.3 is 12.1 Å². The van der Waals surface area contributed by atoms with E-state index in [1.807, 2.05) is 0 Å². The van der Waals surface area contributed by atoms with Gasteiger partial charge in [0, 0.05) is 18.9 Å². The van der Waals surface area contributed by atoms with Crippen LogP contribution in [0.5, 0.6) is 0 Å². The van der Waals surface area contributed by atoms with E-state index in [0.29, 0.717) is 18.4 Å². The summed E-state index contributed by atoms with van der Waals surface area (Å²) < 4.78 is 20.2. The van der Waals surface area contributed by atoms with Crippen LogP contribution in [0.2, 0.25) is 0 Å². The van der Waals surface area contributed by atoms with Gasteiger partial charge in [0.2, 0.25) is 17.6 Å². The maximum absolute atomic E-state index is 15.0. The molecule has 2 unspecified atom stereocenters. The molecule has 12 nitrogen and oxygen atoms in total. The van der Waals surface area contributed by atoms with Gasteiger partial charge in [-0.2, -0.15) is 0 Å². The molecule has 46 heavy (non-hydrogen) atoms. The molecule has 0 radical (unpaired) electrons. The van der Waals surface area contributed by atoms with Crippen molar-refractivity contribution >= 4 is 35.6 Å². The Kier molecular flexibility index (Phi) is 12.3. The molecule has 7 atom stereocenters. The van der Waals surface area contributed by atoms with Gasteiger partial charge in [0.15, 0.2) is 0 Å². The standard InChI is InChI=1S/C33H47FN4O8/c1-7-11-23(26(39)29(41)36-24(31(43)44)16-19-12-9-8-10-13-19)35-28(40)25-20-14-15-22(34)21(20)17-38(25)30(42)27(33(4,5)6)37-32(45)46-18(2)3/h8-10,12-13,18,20-25,27H,7,11,14-17H2,1-6H3,(H,35,40)(H,36,41)(H,37,45)(H,43,44)/t20-,21-,22?,23?,24+,25-,27+/m0/s1. The highest BCUT2D eigenvalue weighted by atomic mass is 19.1. The Labute approximate surface area is 269 Å². The molecule has 13 heteroatoms. The minimum absolute atomic E-state index is 0.0527. The molecule has 0 bridgehead atoms. The molecular formula is C33H47FN4O8. The highest BCUT2D eigenvalue weighted by molar-refractivity contribution is 6.38. The topological polar surface area (TPSA) is 171 Å². The summed E-state index contributed by atoms with van der Waals surface area (Å²) in [6.45, 7) is 10.3. The fourth-order valence-corrected chi connectivity index (χ4v) is 6.26. The minimum Gasteiger partial charge on any atom is -0.480 e. The number of likely N-dealkylation sites (tertiary alicyclic amines) is 1. The molecule has 0 aromatic heterocycles. The Hall–Kier alpha value is -4.03. The summed E-state index contributed by atoms with van der Waals surface area (Å²) in [5.41, 5.74) is -0.162. The Morgan fingerprint density at radius 3 is 2.20 bits per heavy atom. The van der Waals surface area contributed by atoms with Crippen LogP contribution < -0.4 is 16.0 Å². The van der Waals surface area contributed by atoms with E-state index in [2.05, 4.69) is 16.0 Å². The van der Waals surface area contributed by atoms with Gasteiger partial charge in [-0.3, -0.25) is 19.2 Å². The van der Waals surface area contributed by atoms with Gasteiger partial charge in [0.05, 0.1) is 12.1 Å². The van der Waals surface area contributed by atoms with Crippen LogP contribution in [-0.2, 0) is 35.1 Å². The van der Waals surface area contributed by atoms with Gasteiger partial charge < -0.3 is 30.7 Å². The number of ether oxygens (including phenoxy) is 1. The summed E-state index contributed by atoms with van der Waals surface area (Å²) in [4.78, 5) is 79.9. The van der Waals surface area contributed by atoms with Crippen molar-refractivity contribution in [3.63, 3.8) is 0 Å². The van der Waals surface area contributed by atoms with Crippen molar-refractivity contribution in [1.82, 2.24) is 20.9 Å². The number of carboxylic acids is 1. The average Bonchev–Trinajstić information content (AvgIpc) is 3.53. The van der Waals surface area contributed by atoms with Crippen LogP contribution in [0.4, 0.5) is 9.18 Å². The number of alkyl carbamates (subject to hydrolysis) is 1. The zero-order chi connectivity index (χ0) is 34.3. The minimum atomic E-state index is -1.38. The highest BCUT2D eigenvalue weighted by Gasteiger charge is 2.55. The Morgan fingerprint density at radius 1 is 0.978 bits per heavy atom. The summed E-state index contributed by atoms with van der Waals surface area (Å²) in [6, 6.07) is 3.66. The Morgan fingerprint density at radius 2 is 1.63 bits per heavy atom. The number of carbonyl (C=O) groups excluding carboxylic acids is 5. The largest absolute Gasteiger partial charge is 0.480 e. The predicted octanol–water partition coefficient (Wildman–Crippen LogP) is 2.78. The predicted molar refractivity (Wildman–Crippen MR) is 166 cm³/mol. The third-order valence-electron chi connectivity index (χ3n) is 8.53. The average molecular weight is 647 g/mol. The number of hydrogen-bond donors (Lipinski definition) is 4. The number of nitrogens with one attached hydrogen (secondary N) is 3. The van der Waals surface area contributed by atoms with Crippen molar-refractivity contribution in [2.75, 3.05) is 6.54 Å². The summed E-state index contributed by atoms with van der Waals surface area (Å²) >= 11 is 0. The number of carboxylic acid groups (broad SMARTS) is 1. The first kappa shape index (κ1) is 36.4.